The number of carbonyl (C=O) groups excluding carboxylic acids is 1. The summed E-state index contributed by atoms with van der Waals surface area (Å²) in [5.74, 6) is -5.85. The third kappa shape index (κ3) is 4.39. The van der Waals surface area contributed by atoms with Gasteiger partial charge in [-0.25, -0.2) is 13.2 Å². The van der Waals surface area contributed by atoms with E-state index in [0.29, 0.717) is 0 Å². The van der Waals surface area contributed by atoms with Crippen molar-refractivity contribution in [1.82, 2.24) is 4.90 Å². The molecule has 9 heteroatoms. The van der Waals surface area contributed by atoms with Crippen molar-refractivity contribution in [3.8, 4) is 0 Å². The van der Waals surface area contributed by atoms with Gasteiger partial charge >= 0.3 is 6.18 Å². The minimum Gasteiger partial charge on any atom is -0.329 e. The molecular formula is C11H8BrF6NO. The normalized spacial score (nSPS) is 11.6. The van der Waals surface area contributed by atoms with Crippen LogP contribution < -0.4 is 0 Å². The fourth-order valence-electron chi connectivity index (χ4n) is 1.48. The average molecular weight is 364 g/mol. The van der Waals surface area contributed by atoms with Gasteiger partial charge in [0.05, 0.1) is 0 Å². The van der Waals surface area contributed by atoms with Crippen LogP contribution in [0.5, 0.6) is 0 Å². The Hall–Kier alpha value is -1.25. The first-order chi connectivity index (χ1) is 9.15. The number of benzene rings is 1. The highest BCUT2D eigenvalue weighted by molar-refractivity contribution is 9.09. The van der Waals surface area contributed by atoms with E-state index in [1.165, 1.54) is 0 Å². The standard InChI is InChI=1S/C11H8BrF6NO/c12-1-2-19(5-11(16,17)18)10(20)9-7(14)3-6(13)4-8(9)15/h3-4H,1-2,5H2. The van der Waals surface area contributed by atoms with E-state index in [0.717, 1.165) is 0 Å². The Balaban J connectivity index is 3.13. The molecule has 1 aromatic rings. The lowest BCUT2D eigenvalue weighted by atomic mass is 10.1. The Morgan fingerprint density at radius 3 is 2.05 bits per heavy atom. The largest absolute Gasteiger partial charge is 0.406 e. The Morgan fingerprint density at radius 1 is 1.15 bits per heavy atom. The Kier molecular flexibility index (Phi) is 5.43. The number of hydrogen-bond donors (Lipinski definition) is 0. The van der Waals surface area contributed by atoms with E-state index in [1.54, 1.807) is 0 Å². The molecule has 0 N–H and O–H groups in total. The minimum atomic E-state index is -4.72. The third-order valence-electron chi connectivity index (χ3n) is 2.23. The molecule has 1 rings (SSSR count). The van der Waals surface area contributed by atoms with E-state index in [4.69, 9.17) is 0 Å². The number of hydrogen-bond acceptors (Lipinski definition) is 1. The van der Waals surface area contributed by atoms with Crippen molar-refractivity contribution in [2.24, 2.45) is 0 Å². The van der Waals surface area contributed by atoms with E-state index in [-0.39, 0.29) is 22.4 Å². The highest BCUT2D eigenvalue weighted by Gasteiger charge is 2.34. The maximum absolute atomic E-state index is 13.4. The van der Waals surface area contributed by atoms with Crippen molar-refractivity contribution >= 4 is 21.8 Å². The van der Waals surface area contributed by atoms with Gasteiger partial charge in [-0.15, -0.1) is 0 Å². The average Bonchev–Trinajstić information content (AvgIpc) is 2.24. The third-order valence-corrected chi connectivity index (χ3v) is 2.59. The van der Waals surface area contributed by atoms with Gasteiger partial charge in [0.25, 0.3) is 5.91 Å². The fourth-order valence-corrected chi connectivity index (χ4v) is 1.90. The monoisotopic (exact) mass is 363 g/mol. The van der Waals surface area contributed by atoms with Crippen LogP contribution in [0.1, 0.15) is 10.4 Å². The summed E-state index contributed by atoms with van der Waals surface area (Å²) in [7, 11) is 0. The smallest absolute Gasteiger partial charge is 0.329 e. The minimum absolute atomic E-state index is 0.0146. The summed E-state index contributed by atoms with van der Waals surface area (Å²) in [6.45, 7) is -2.07. The van der Waals surface area contributed by atoms with E-state index in [9.17, 15) is 31.1 Å². The van der Waals surface area contributed by atoms with E-state index < -0.39 is 48.2 Å². The van der Waals surface area contributed by atoms with Crippen LogP contribution in [-0.4, -0.2) is 35.4 Å². The molecule has 0 aliphatic heterocycles. The molecule has 0 aromatic heterocycles. The predicted molar refractivity (Wildman–Crippen MR) is 62.1 cm³/mol. The molecule has 0 fully saturated rings. The summed E-state index contributed by atoms with van der Waals surface area (Å²) < 4.78 is 76.4. The van der Waals surface area contributed by atoms with Crippen LogP contribution in [0.3, 0.4) is 0 Å². The lowest BCUT2D eigenvalue weighted by molar-refractivity contribution is -0.140. The molecule has 0 heterocycles. The summed E-state index contributed by atoms with van der Waals surface area (Å²) in [6, 6.07) is 0.465. The number of rotatable bonds is 4. The highest BCUT2D eigenvalue weighted by Crippen LogP contribution is 2.21. The first-order valence-corrected chi connectivity index (χ1v) is 6.34. The van der Waals surface area contributed by atoms with Gasteiger partial charge in [-0.3, -0.25) is 4.79 Å². The maximum atomic E-state index is 13.4. The van der Waals surface area contributed by atoms with Crippen molar-refractivity contribution in [2.45, 2.75) is 6.18 Å². The molecule has 2 nitrogen and oxygen atoms in total. The van der Waals surface area contributed by atoms with Crippen LogP contribution in [-0.2, 0) is 0 Å². The lowest BCUT2D eigenvalue weighted by Gasteiger charge is -2.23. The van der Waals surface area contributed by atoms with Gasteiger partial charge in [0.1, 0.15) is 29.6 Å². The van der Waals surface area contributed by atoms with Gasteiger partial charge in [0, 0.05) is 24.0 Å². The lowest BCUT2D eigenvalue weighted by Crippen LogP contribution is -2.40. The Labute approximate surface area is 118 Å². The van der Waals surface area contributed by atoms with Crippen molar-refractivity contribution in [1.29, 1.82) is 0 Å². The van der Waals surface area contributed by atoms with Crippen LogP contribution in [0, 0.1) is 17.5 Å². The van der Waals surface area contributed by atoms with Gasteiger partial charge in [-0.1, -0.05) is 15.9 Å². The molecule has 0 bridgehead atoms. The predicted octanol–water partition coefficient (Wildman–Crippen LogP) is 3.50. The molecule has 0 aliphatic carbocycles. The molecule has 0 atom stereocenters. The molecule has 0 aliphatic rings. The van der Waals surface area contributed by atoms with Crippen LogP contribution in [0.15, 0.2) is 12.1 Å². The van der Waals surface area contributed by atoms with Crippen molar-refractivity contribution in [3.63, 3.8) is 0 Å². The van der Waals surface area contributed by atoms with Crippen LogP contribution in [0.25, 0.3) is 0 Å². The summed E-state index contributed by atoms with van der Waals surface area (Å²) in [4.78, 5) is 12.0. The van der Waals surface area contributed by atoms with Gasteiger partial charge in [0.2, 0.25) is 0 Å². The molecule has 0 saturated carbocycles. The Morgan fingerprint density at radius 2 is 1.65 bits per heavy atom. The molecule has 0 radical (unpaired) electrons. The zero-order chi connectivity index (χ0) is 15.5. The summed E-state index contributed by atoms with van der Waals surface area (Å²) in [6.07, 6.45) is -4.72. The van der Waals surface area contributed by atoms with E-state index >= 15 is 0 Å². The highest BCUT2D eigenvalue weighted by atomic mass is 79.9. The molecule has 1 aromatic carbocycles. The number of alkyl halides is 4. The first-order valence-electron chi connectivity index (χ1n) is 5.22. The molecule has 1 amide bonds. The van der Waals surface area contributed by atoms with Gasteiger partial charge in [-0.2, -0.15) is 13.2 Å². The number of amides is 1. The van der Waals surface area contributed by atoms with Gasteiger partial charge < -0.3 is 4.90 Å². The second kappa shape index (κ2) is 6.47. The zero-order valence-corrected chi connectivity index (χ0v) is 11.4. The quantitative estimate of drug-likeness (QED) is 0.592. The summed E-state index contributed by atoms with van der Waals surface area (Å²) >= 11 is 2.84. The fraction of sp³-hybridized carbons (Fsp3) is 0.364. The van der Waals surface area contributed by atoms with Crippen LogP contribution in [0.4, 0.5) is 26.3 Å². The van der Waals surface area contributed by atoms with Gasteiger partial charge in [-0.05, 0) is 0 Å². The SMILES string of the molecule is O=C(c1c(F)cc(F)cc1F)N(CCBr)CC(F)(F)F. The zero-order valence-electron chi connectivity index (χ0n) is 9.78. The molecule has 0 saturated heterocycles. The summed E-state index contributed by atoms with van der Waals surface area (Å²) in [5.41, 5.74) is -1.21. The van der Waals surface area contributed by atoms with Crippen molar-refractivity contribution in [2.75, 3.05) is 18.4 Å². The van der Waals surface area contributed by atoms with Crippen LogP contribution in [0.2, 0.25) is 0 Å². The number of halogens is 7. The second-order valence-corrected chi connectivity index (χ2v) is 4.57. The second-order valence-electron chi connectivity index (χ2n) is 3.78. The number of carbonyl (C=O) groups is 1. The van der Waals surface area contributed by atoms with E-state index in [2.05, 4.69) is 15.9 Å². The maximum Gasteiger partial charge on any atom is 0.406 e. The van der Waals surface area contributed by atoms with Crippen molar-refractivity contribution < 1.29 is 31.1 Å². The molecular weight excluding hydrogens is 356 g/mol. The number of nitrogens with zero attached hydrogens (tertiary/aromatic N) is 1. The molecule has 112 valence electrons. The van der Waals surface area contributed by atoms with Gasteiger partial charge in [0.15, 0.2) is 0 Å². The Bertz CT molecular complexity index is 481. The van der Waals surface area contributed by atoms with E-state index in [1.807, 2.05) is 0 Å². The van der Waals surface area contributed by atoms with Crippen molar-refractivity contribution in [3.05, 3.63) is 35.1 Å². The molecule has 0 spiro atoms. The topological polar surface area (TPSA) is 20.3 Å². The summed E-state index contributed by atoms with van der Waals surface area (Å²) in [5, 5.41) is -0.0146. The first kappa shape index (κ1) is 16.8. The molecule has 20 heavy (non-hydrogen) atoms. The molecule has 0 unspecified atom stereocenters. The van der Waals surface area contributed by atoms with Crippen LogP contribution >= 0.6 is 15.9 Å².